The van der Waals surface area contributed by atoms with Gasteiger partial charge in [0.05, 0.1) is 7.11 Å². The molecule has 2 aromatic carbocycles. The smallest absolute Gasteiger partial charge is 0.181 e. The summed E-state index contributed by atoms with van der Waals surface area (Å²) in [5.41, 5.74) is 1.06. The first-order valence-corrected chi connectivity index (χ1v) is 8.59. The van der Waals surface area contributed by atoms with Crippen molar-refractivity contribution >= 4 is 0 Å². The van der Waals surface area contributed by atoms with Gasteiger partial charge in [0.15, 0.2) is 17.6 Å². The molecule has 0 saturated heterocycles. The maximum absolute atomic E-state index is 6.23. The molecule has 1 aliphatic heterocycles. The van der Waals surface area contributed by atoms with Crippen LogP contribution in [-0.2, 0) is 0 Å². The average Bonchev–Trinajstić information content (AvgIpc) is 2.64. The number of benzene rings is 2. The second-order valence-corrected chi connectivity index (χ2v) is 5.92. The molecule has 0 aromatic heterocycles. The van der Waals surface area contributed by atoms with Gasteiger partial charge in [-0.15, -0.1) is 0 Å². The molecule has 0 bridgehead atoms. The van der Waals surface area contributed by atoms with Crippen molar-refractivity contribution < 1.29 is 14.2 Å². The Morgan fingerprint density at radius 3 is 2.46 bits per heavy atom. The second-order valence-electron chi connectivity index (χ2n) is 5.92. The number of fused-ring (bicyclic) bond motifs is 1. The van der Waals surface area contributed by atoms with Gasteiger partial charge in [0.2, 0.25) is 0 Å². The first-order chi connectivity index (χ1) is 11.8. The molecule has 0 fully saturated rings. The predicted octanol–water partition coefficient (Wildman–Crippen LogP) is 5.67. The summed E-state index contributed by atoms with van der Waals surface area (Å²) < 4.78 is 17.6. The molecule has 3 rings (SSSR count). The van der Waals surface area contributed by atoms with Crippen molar-refractivity contribution in [3.63, 3.8) is 0 Å². The third-order valence-corrected chi connectivity index (χ3v) is 4.15. The van der Waals surface area contributed by atoms with Gasteiger partial charge in [-0.2, -0.15) is 0 Å². The quantitative estimate of drug-likeness (QED) is 0.641. The normalized spacial score (nSPS) is 17.8. The molecule has 1 atom stereocenters. The summed E-state index contributed by atoms with van der Waals surface area (Å²) in [6, 6.07) is 15.8. The first-order valence-electron chi connectivity index (χ1n) is 8.59. The van der Waals surface area contributed by atoms with Crippen LogP contribution in [0.5, 0.6) is 17.2 Å². The maximum atomic E-state index is 6.23. The van der Waals surface area contributed by atoms with Crippen LogP contribution in [-0.4, -0.2) is 7.11 Å². The number of allylic oxidation sites excluding steroid dienone is 1. The van der Waals surface area contributed by atoms with Gasteiger partial charge in [0, 0.05) is 5.56 Å². The lowest BCUT2D eigenvalue weighted by Crippen LogP contribution is -2.19. The molecule has 2 aromatic rings. The van der Waals surface area contributed by atoms with Gasteiger partial charge in [0.1, 0.15) is 11.5 Å². The van der Waals surface area contributed by atoms with Crippen molar-refractivity contribution in [2.75, 3.05) is 7.11 Å². The zero-order valence-electron chi connectivity index (χ0n) is 14.3. The van der Waals surface area contributed by atoms with E-state index in [1.807, 2.05) is 48.5 Å². The fourth-order valence-electron chi connectivity index (χ4n) is 2.80. The Hall–Kier alpha value is -2.42. The molecule has 1 heterocycles. The van der Waals surface area contributed by atoms with Crippen molar-refractivity contribution in [2.24, 2.45) is 0 Å². The minimum absolute atomic E-state index is 0.215. The number of methoxy groups -OCH3 is 1. The van der Waals surface area contributed by atoms with Crippen molar-refractivity contribution in [1.29, 1.82) is 0 Å². The molecular formula is C21H24O3. The van der Waals surface area contributed by atoms with E-state index in [1.165, 1.54) is 19.3 Å². The molecule has 0 spiro atoms. The molecule has 126 valence electrons. The van der Waals surface area contributed by atoms with Crippen molar-refractivity contribution in [2.45, 2.75) is 38.7 Å². The van der Waals surface area contributed by atoms with Gasteiger partial charge in [-0.25, -0.2) is 0 Å². The molecule has 0 amide bonds. The molecular weight excluding hydrogens is 300 g/mol. The van der Waals surface area contributed by atoms with E-state index in [0.29, 0.717) is 0 Å². The Morgan fingerprint density at radius 1 is 1.00 bits per heavy atom. The predicted molar refractivity (Wildman–Crippen MR) is 95.7 cm³/mol. The van der Waals surface area contributed by atoms with E-state index in [-0.39, 0.29) is 6.10 Å². The van der Waals surface area contributed by atoms with Crippen LogP contribution >= 0.6 is 0 Å². The Morgan fingerprint density at radius 2 is 1.75 bits per heavy atom. The highest BCUT2D eigenvalue weighted by atomic mass is 16.6. The third-order valence-electron chi connectivity index (χ3n) is 4.15. The number of para-hydroxylation sites is 2. The van der Waals surface area contributed by atoms with E-state index in [2.05, 4.69) is 13.0 Å². The minimum Gasteiger partial charge on any atom is -0.497 e. The van der Waals surface area contributed by atoms with E-state index in [4.69, 9.17) is 14.2 Å². The highest BCUT2D eigenvalue weighted by Gasteiger charge is 2.27. The SMILES string of the molecule is CCCCC/C=C1/Oc2ccccc2OC1c1ccc(OC)cc1. The maximum Gasteiger partial charge on any atom is 0.181 e. The first kappa shape index (κ1) is 16.4. The molecule has 3 heteroatoms. The Kier molecular flexibility index (Phi) is 5.42. The number of ether oxygens (including phenoxy) is 3. The highest BCUT2D eigenvalue weighted by Crippen LogP contribution is 2.41. The van der Waals surface area contributed by atoms with Crippen LogP contribution in [0.25, 0.3) is 0 Å². The van der Waals surface area contributed by atoms with E-state index in [1.54, 1.807) is 7.11 Å². The zero-order chi connectivity index (χ0) is 16.8. The Balaban J connectivity index is 1.87. The highest BCUT2D eigenvalue weighted by molar-refractivity contribution is 5.45. The monoisotopic (exact) mass is 324 g/mol. The number of hydrogen-bond acceptors (Lipinski definition) is 3. The number of hydrogen-bond donors (Lipinski definition) is 0. The Bertz CT molecular complexity index is 688. The molecule has 0 radical (unpaired) electrons. The van der Waals surface area contributed by atoms with Crippen molar-refractivity contribution in [1.82, 2.24) is 0 Å². The van der Waals surface area contributed by atoms with Crippen LogP contribution in [0.4, 0.5) is 0 Å². The summed E-state index contributed by atoms with van der Waals surface area (Å²) in [5.74, 6) is 3.27. The van der Waals surface area contributed by atoms with Gasteiger partial charge in [-0.3, -0.25) is 0 Å². The third kappa shape index (κ3) is 3.73. The van der Waals surface area contributed by atoms with Gasteiger partial charge >= 0.3 is 0 Å². The molecule has 24 heavy (non-hydrogen) atoms. The van der Waals surface area contributed by atoms with Crippen molar-refractivity contribution in [3.05, 3.63) is 65.9 Å². The van der Waals surface area contributed by atoms with Gasteiger partial charge < -0.3 is 14.2 Å². The number of unbranched alkanes of at least 4 members (excludes halogenated alkanes) is 3. The molecule has 1 unspecified atom stereocenters. The summed E-state index contributed by atoms with van der Waals surface area (Å²) in [7, 11) is 1.67. The Labute approximate surface area is 143 Å². The summed E-state index contributed by atoms with van der Waals surface area (Å²) in [6.07, 6.45) is 6.56. The lowest BCUT2D eigenvalue weighted by Gasteiger charge is -2.29. The summed E-state index contributed by atoms with van der Waals surface area (Å²) in [4.78, 5) is 0. The molecule has 3 nitrogen and oxygen atoms in total. The lowest BCUT2D eigenvalue weighted by molar-refractivity contribution is 0.147. The summed E-state index contributed by atoms with van der Waals surface area (Å²) >= 11 is 0. The van der Waals surface area contributed by atoms with E-state index in [0.717, 1.165) is 35.0 Å². The van der Waals surface area contributed by atoms with Gasteiger partial charge in [-0.1, -0.05) is 44.0 Å². The minimum atomic E-state index is -0.215. The molecule has 1 aliphatic rings. The molecule has 0 N–H and O–H groups in total. The van der Waals surface area contributed by atoms with E-state index >= 15 is 0 Å². The van der Waals surface area contributed by atoms with E-state index in [9.17, 15) is 0 Å². The summed E-state index contributed by atoms with van der Waals surface area (Å²) in [5, 5.41) is 0. The topological polar surface area (TPSA) is 27.7 Å². The van der Waals surface area contributed by atoms with Crippen LogP contribution in [0.3, 0.4) is 0 Å². The largest absolute Gasteiger partial charge is 0.497 e. The fourth-order valence-corrected chi connectivity index (χ4v) is 2.80. The van der Waals surface area contributed by atoms with Crippen LogP contribution in [0.15, 0.2) is 60.4 Å². The second kappa shape index (κ2) is 7.91. The van der Waals surface area contributed by atoms with Crippen molar-refractivity contribution in [3.8, 4) is 17.2 Å². The zero-order valence-corrected chi connectivity index (χ0v) is 14.3. The van der Waals surface area contributed by atoms with Crippen LogP contribution in [0.1, 0.15) is 44.3 Å². The van der Waals surface area contributed by atoms with Crippen LogP contribution in [0.2, 0.25) is 0 Å². The summed E-state index contributed by atoms with van der Waals surface area (Å²) in [6.45, 7) is 2.21. The molecule has 0 aliphatic carbocycles. The van der Waals surface area contributed by atoms with Crippen LogP contribution in [0, 0.1) is 0 Å². The molecule has 0 saturated carbocycles. The van der Waals surface area contributed by atoms with E-state index < -0.39 is 0 Å². The van der Waals surface area contributed by atoms with Gasteiger partial charge in [-0.05, 0) is 43.2 Å². The fraction of sp³-hybridized carbons (Fsp3) is 0.333. The van der Waals surface area contributed by atoms with Crippen LogP contribution < -0.4 is 14.2 Å². The average molecular weight is 324 g/mol. The standard InChI is InChI=1S/C21H24O3/c1-3-4-5-6-11-20-21(16-12-14-17(22-2)15-13-16)24-19-10-8-7-9-18(19)23-20/h7-15,21H,3-6H2,1-2H3/b20-11+. The lowest BCUT2D eigenvalue weighted by atomic mass is 10.0. The van der Waals surface area contributed by atoms with Gasteiger partial charge in [0.25, 0.3) is 0 Å². The number of rotatable bonds is 6.